The molecule has 0 fully saturated rings. The fourth-order valence-electron chi connectivity index (χ4n) is 1.11. The van der Waals surface area contributed by atoms with Crippen LogP contribution in [-0.2, 0) is 0 Å². The lowest BCUT2D eigenvalue weighted by atomic mass is 10.1. The number of hydrogen-bond donors (Lipinski definition) is 0. The lowest BCUT2D eigenvalue weighted by Gasteiger charge is -2.05. The van der Waals surface area contributed by atoms with Crippen LogP contribution >= 0.6 is 11.8 Å². The van der Waals surface area contributed by atoms with Crippen LogP contribution < -0.4 is 0 Å². The van der Waals surface area contributed by atoms with E-state index in [1.807, 2.05) is 30.8 Å². The lowest BCUT2D eigenvalue weighted by molar-refractivity contribution is 0.750. The normalized spacial score (nSPS) is 10.2. The summed E-state index contributed by atoms with van der Waals surface area (Å²) < 4.78 is 0. The Morgan fingerprint density at radius 1 is 1.43 bits per heavy atom. The summed E-state index contributed by atoms with van der Waals surface area (Å²) in [5, 5.41) is 8.77. The summed E-state index contributed by atoms with van der Waals surface area (Å²) in [6, 6.07) is 8.19. The van der Waals surface area contributed by atoms with Crippen LogP contribution in [0.2, 0.25) is 0 Å². The van der Waals surface area contributed by atoms with Crippen molar-refractivity contribution in [2.24, 2.45) is 5.92 Å². The molecule has 0 aromatic heterocycles. The summed E-state index contributed by atoms with van der Waals surface area (Å²) in [4.78, 5) is 1.26. The minimum absolute atomic E-state index is 0.705. The van der Waals surface area contributed by atoms with Crippen molar-refractivity contribution >= 4 is 11.8 Å². The van der Waals surface area contributed by atoms with Gasteiger partial charge in [-0.25, -0.2) is 0 Å². The Morgan fingerprint density at radius 3 is 2.64 bits per heavy atom. The van der Waals surface area contributed by atoms with Crippen LogP contribution in [0.25, 0.3) is 0 Å². The van der Waals surface area contributed by atoms with Crippen LogP contribution in [0.1, 0.15) is 25.0 Å². The van der Waals surface area contributed by atoms with Gasteiger partial charge in [-0.05, 0) is 36.6 Å². The molecule has 0 amide bonds. The van der Waals surface area contributed by atoms with E-state index < -0.39 is 0 Å². The molecular formula is C12H15NS. The van der Waals surface area contributed by atoms with E-state index in [1.54, 1.807) is 0 Å². The van der Waals surface area contributed by atoms with Gasteiger partial charge < -0.3 is 0 Å². The van der Waals surface area contributed by atoms with E-state index in [9.17, 15) is 0 Å². The number of nitriles is 1. The molecule has 0 bridgehead atoms. The van der Waals surface area contributed by atoms with Gasteiger partial charge in [0.05, 0.1) is 11.6 Å². The predicted octanol–water partition coefficient (Wildman–Crippen LogP) is 3.61. The maximum absolute atomic E-state index is 8.77. The van der Waals surface area contributed by atoms with Crippen molar-refractivity contribution in [3.63, 3.8) is 0 Å². The largest absolute Gasteiger partial charge is 0.192 e. The van der Waals surface area contributed by atoms with Crippen molar-refractivity contribution in [3.05, 3.63) is 29.3 Å². The predicted molar refractivity (Wildman–Crippen MR) is 61.5 cm³/mol. The molecule has 0 heterocycles. The minimum atomic E-state index is 0.705. The van der Waals surface area contributed by atoms with Gasteiger partial charge in [-0.1, -0.05) is 13.8 Å². The van der Waals surface area contributed by atoms with Gasteiger partial charge in [-0.3, -0.25) is 0 Å². The highest BCUT2D eigenvalue weighted by atomic mass is 32.2. The summed E-state index contributed by atoms with van der Waals surface area (Å²) >= 11 is 1.85. The van der Waals surface area contributed by atoms with Gasteiger partial charge in [0.15, 0.2) is 0 Å². The molecule has 1 aromatic rings. The second-order valence-electron chi connectivity index (χ2n) is 3.79. The molecule has 0 aliphatic rings. The van der Waals surface area contributed by atoms with Crippen LogP contribution in [0.15, 0.2) is 23.1 Å². The second-order valence-corrected chi connectivity index (χ2v) is 4.89. The first-order valence-corrected chi connectivity index (χ1v) is 5.75. The van der Waals surface area contributed by atoms with Crippen LogP contribution in [0.4, 0.5) is 0 Å². The quantitative estimate of drug-likeness (QED) is 0.704. The van der Waals surface area contributed by atoms with Gasteiger partial charge in [0.25, 0.3) is 0 Å². The molecule has 2 heteroatoms. The average Bonchev–Trinajstić information content (AvgIpc) is 2.15. The Labute approximate surface area is 90.1 Å². The number of aryl methyl sites for hydroxylation is 1. The van der Waals surface area contributed by atoms with E-state index in [4.69, 9.17) is 5.26 Å². The summed E-state index contributed by atoms with van der Waals surface area (Å²) in [5.41, 5.74) is 1.85. The zero-order valence-corrected chi connectivity index (χ0v) is 9.69. The molecule has 1 nitrogen and oxygen atoms in total. The molecule has 1 aromatic carbocycles. The molecule has 0 N–H and O–H groups in total. The highest BCUT2D eigenvalue weighted by Crippen LogP contribution is 2.22. The second kappa shape index (κ2) is 5.07. The van der Waals surface area contributed by atoms with Crippen molar-refractivity contribution in [1.82, 2.24) is 0 Å². The topological polar surface area (TPSA) is 23.8 Å². The molecule has 14 heavy (non-hydrogen) atoms. The van der Waals surface area contributed by atoms with Gasteiger partial charge in [0.1, 0.15) is 0 Å². The Bertz CT molecular complexity index is 350. The van der Waals surface area contributed by atoms with Crippen molar-refractivity contribution in [2.45, 2.75) is 25.7 Å². The first-order chi connectivity index (χ1) is 6.63. The smallest absolute Gasteiger partial charge is 0.0994 e. The molecule has 0 unspecified atom stereocenters. The van der Waals surface area contributed by atoms with E-state index >= 15 is 0 Å². The van der Waals surface area contributed by atoms with Gasteiger partial charge in [0, 0.05) is 10.6 Å². The fourth-order valence-corrected chi connectivity index (χ4v) is 2.06. The third-order valence-corrected chi connectivity index (χ3v) is 3.32. The molecule has 0 spiro atoms. The Kier molecular flexibility index (Phi) is 4.03. The number of benzene rings is 1. The SMILES string of the molecule is Cc1cc(SCC(C)C)ccc1C#N. The Morgan fingerprint density at radius 2 is 2.14 bits per heavy atom. The van der Waals surface area contributed by atoms with Crippen LogP contribution in [0, 0.1) is 24.2 Å². The maximum Gasteiger partial charge on any atom is 0.0994 e. The van der Waals surface area contributed by atoms with E-state index in [0.29, 0.717) is 5.92 Å². The molecule has 0 aliphatic heterocycles. The van der Waals surface area contributed by atoms with Gasteiger partial charge >= 0.3 is 0 Å². The molecule has 0 radical (unpaired) electrons. The molecule has 0 saturated carbocycles. The van der Waals surface area contributed by atoms with Gasteiger partial charge in [-0.2, -0.15) is 5.26 Å². The first-order valence-electron chi connectivity index (χ1n) is 4.77. The summed E-state index contributed by atoms with van der Waals surface area (Å²) in [6.07, 6.45) is 0. The van der Waals surface area contributed by atoms with Crippen molar-refractivity contribution in [3.8, 4) is 6.07 Å². The number of thioether (sulfide) groups is 1. The third kappa shape index (κ3) is 3.08. The standard InChI is InChI=1S/C12H15NS/c1-9(2)8-14-12-5-4-11(7-13)10(3)6-12/h4-6,9H,8H2,1-3H3. The fraction of sp³-hybridized carbons (Fsp3) is 0.417. The van der Waals surface area contributed by atoms with Gasteiger partial charge in [-0.15, -0.1) is 11.8 Å². The third-order valence-electron chi connectivity index (χ3n) is 1.90. The van der Waals surface area contributed by atoms with Crippen molar-refractivity contribution in [2.75, 3.05) is 5.75 Å². The van der Waals surface area contributed by atoms with E-state index in [2.05, 4.69) is 26.0 Å². The average molecular weight is 205 g/mol. The minimum Gasteiger partial charge on any atom is -0.192 e. The van der Waals surface area contributed by atoms with Crippen LogP contribution in [-0.4, -0.2) is 5.75 Å². The summed E-state index contributed by atoms with van der Waals surface area (Å²) in [7, 11) is 0. The monoisotopic (exact) mass is 205 g/mol. The van der Waals surface area contributed by atoms with Crippen LogP contribution in [0.5, 0.6) is 0 Å². The van der Waals surface area contributed by atoms with Crippen LogP contribution in [0.3, 0.4) is 0 Å². The highest BCUT2D eigenvalue weighted by Gasteiger charge is 2.00. The molecule has 74 valence electrons. The molecular weight excluding hydrogens is 190 g/mol. The lowest BCUT2D eigenvalue weighted by Crippen LogP contribution is -1.90. The van der Waals surface area contributed by atoms with Gasteiger partial charge in [0.2, 0.25) is 0 Å². The number of nitrogens with zero attached hydrogens (tertiary/aromatic N) is 1. The zero-order chi connectivity index (χ0) is 10.6. The number of hydrogen-bond acceptors (Lipinski definition) is 2. The number of rotatable bonds is 3. The van der Waals surface area contributed by atoms with E-state index in [1.165, 1.54) is 4.90 Å². The Hall–Kier alpha value is -0.940. The van der Waals surface area contributed by atoms with E-state index in [-0.39, 0.29) is 0 Å². The molecule has 1 rings (SSSR count). The zero-order valence-electron chi connectivity index (χ0n) is 8.87. The molecule has 0 aliphatic carbocycles. The summed E-state index contributed by atoms with van der Waals surface area (Å²) in [5.74, 6) is 1.83. The van der Waals surface area contributed by atoms with Crippen molar-refractivity contribution < 1.29 is 0 Å². The Balaban J connectivity index is 2.73. The molecule has 0 saturated heterocycles. The highest BCUT2D eigenvalue weighted by molar-refractivity contribution is 7.99. The maximum atomic E-state index is 8.77. The van der Waals surface area contributed by atoms with E-state index in [0.717, 1.165) is 16.9 Å². The first kappa shape index (κ1) is 11.1. The summed E-state index contributed by atoms with van der Waals surface area (Å²) in [6.45, 7) is 6.41. The molecule has 0 atom stereocenters. The van der Waals surface area contributed by atoms with Crippen molar-refractivity contribution in [1.29, 1.82) is 5.26 Å².